The van der Waals surface area contributed by atoms with Gasteiger partial charge in [-0.15, -0.1) is 0 Å². The molecule has 0 unspecified atom stereocenters. The van der Waals surface area contributed by atoms with Gasteiger partial charge >= 0.3 is 0 Å². The second-order valence-corrected chi connectivity index (χ2v) is 6.81. The maximum atomic E-state index is 7.00. The first-order valence-corrected chi connectivity index (χ1v) is 9.89. The second kappa shape index (κ2) is 14.3. The lowest BCUT2D eigenvalue weighted by molar-refractivity contribution is 0.399. The molecule has 0 aliphatic heterocycles. The molecule has 1 N–H and O–H groups in total. The summed E-state index contributed by atoms with van der Waals surface area (Å²) < 4.78 is 5.93. The van der Waals surface area contributed by atoms with Crippen LogP contribution in [0.4, 0.5) is 0 Å². The van der Waals surface area contributed by atoms with Crippen LogP contribution >= 0.6 is 0 Å². The molecular weight excluding hydrogens is 360 g/mol. The Hall–Kier alpha value is -2.72. The first-order chi connectivity index (χ1) is 13.9. The molecule has 2 aromatic rings. The molecule has 0 aliphatic carbocycles. The fraction of sp³-hybridized carbons (Fsp3) is 0.360. The van der Waals surface area contributed by atoms with Crippen LogP contribution in [0.15, 0.2) is 72.1 Å². The second-order valence-electron chi connectivity index (χ2n) is 6.81. The topological polar surface area (TPSA) is 54.7 Å². The van der Waals surface area contributed by atoms with E-state index < -0.39 is 0 Å². The van der Waals surface area contributed by atoms with Crippen LogP contribution in [0.1, 0.15) is 47.1 Å². The standard InChI is InChI=1S/C22H26N2O.C2H6.CH4O/c1-6-23-12-9-10-17(2)25-20-15-18(21-11-7-8-13-24-21)14-19(16-20)22(3,4)5;2*1-2/h6-11,13-16H,2,12H2,1,3-5H3;1-2H3;2H,1H3/b10-9+,23-6?;;. The maximum Gasteiger partial charge on any atom is 0.128 e. The van der Waals surface area contributed by atoms with Gasteiger partial charge in [0.05, 0.1) is 12.2 Å². The van der Waals surface area contributed by atoms with Gasteiger partial charge in [-0.25, -0.2) is 0 Å². The summed E-state index contributed by atoms with van der Waals surface area (Å²) in [6.45, 7) is 17.0. The Morgan fingerprint density at radius 1 is 1.17 bits per heavy atom. The molecule has 0 radical (unpaired) electrons. The van der Waals surface area contributed by atoms with E-state index in [0.717, 1.165) is 24.1 Å². The summed E-state index contributed by atoms with van der Waals surface area (Å²) in [7, 11) is 1.00. The zero-order chi connectivity index (χ0) is 22.3. The Kier molecular flexibility index (Phi) is 13.0. The van der Waals surface area contributed by atoms with Crippen LogP contribution in [0.2, 0.25) is 0 Å². The van der Waals surface area contributed by atoms with E-state index in [1.807, 2.05) is 57.2 Å². The average Bonchev–Trinajstić information content (AvgIpc) is 2.74. The minimum atomic E-state index is 0.00983. The summed E-state index contributed by atoms with van der Waals surface area (Å²) >= 11 is 0. The van der Waals surface area contributed by atoms with Crippen molar-refractivity contribution in [3.8, 4) is 17.0 Å². The third kappa shape index (κ3) is 9.86. The number of hydrogen-bond acceptors (Lipinski definition) is 4. The first-order valence-electron chi connectivity index (χ1n) is 9.89. The molecular formula is C25H36N2O2. The van der Waals surface area contributed by atoms with Crippen molar-refractivity contribution >= 4 is 6.21 Å². The molecule has 2 rings (SSSR count). The smallest absolute Gasteiger partial charge is 0.128 e. The number of aliphatic hydroxyl groups is 1. The van der Waals surface area contributed by atoms with Crippen LogP contribution in [0.5, 0.6) is 5.75 Å². The highest BCUT2D eigenvalue weighted by Gasteiger charge is 2.17. The molecule has 0 bridgehead atoms. The number of hydrogen-bond donors (Lipinski definition) is 1. The van der Waals surface area contributed by atoms with Gasteiger partial charge < -0.3 is 9.84 Å². The van der Waals surface area contributed by atoms with Crippen LogP contribution in [0, 0.1) is 0 Å². The van der Waals surface area contributed by atoms with E-state index in [0.29, 0.717) is 12.3 Å². The molecule has 0 fully saturated rings. The number of aliphatic imine (C=N–C) groups is 1. The normalized spacial score (nSPS) is 10.8. The molecule has 0 saturated carbocycles. The van der Waals surface area contributed by atoms with Gasteiger partial charge in [-0.2, -0.15) is 0 Å². The molecule has 0 amide bonds. The third-order valence-electron chi connectivity index (χ3n) is 3.68. The number of aromatic nitrogens is 1. The zero-order valence-corrected chi connectivity index (χ0v) is 18.9. The Labute approximate surface area is 176 Å². The number of aliphatic hydroxyl groups excluding tert-OH is 1. The van der Waals surface area contributed by atoms with Crippen LogP contribution in [0.25, 0.3) is 11.3 Å². The predicted octanol–water partition coefficient (Wildman–Crippen LogP) is 6.22. The van der Waals surface area contributed by atoms with Crippen molar-refractivity contribution in [1.29, 1.82) is 0 Å². The third-order valence-corrected chi connectivity index (χ3v) is 3.68. The van der Waals surface area contributed by atoms with E-state index in [-0.39, 0.29) is 5.41 Å². The Balaban J connectivity index is 0.00000184. The fourth-order valence-corrected chi connectivity index (χ4v) is 2.31. The highest BCUT2D eigenvalue weighted by atomic mass is 16.5. The Bertz CT molecular complexity index is 773. The predicted molar refractivity (Wildman–Crippen MR) is 126 cm³/mol. The van der Waals surface area contributed by atoms with Gasteiger partial charge in [0.25, 0.3) is 0 Å². The molecule has 158 valence electrons. The van der Waals surface area contributed by atoms with Crippen molar-refractivity contribution in [2.45, 2.75) is 47.0 Å². The van der Waals surface area contributed by atoms with Crippen LogP contribution in [0.3, 0.4) is 0 Å². The fourth-order valence-electron chi connectivity index (χ4n) is 2.31. The van der Waals surface area contributed by atoms with E-state index in [9.17, 15) is 0 Å². The summed E-state index contributed by atoms with van der Waals surface area (Å²) in [6, 6.07) is 12.1. The first kappa shape index (κ1) is 26.3. The van der Waals surface area contributed by atoms with E-state index in [2.05, 4.69) is 49.5 Å². The Morgan fingerprint density at radius 3 is 2.41 bits per heavy atom. The molecule has 1 aromatic carbocycles. The number of pyridine rings is 1. The summed E-state index contributed by atoms with van der Waals surface area (Å²) in [5.74, 6) is 1.35. The number of nitrogens with zero attached hydrogens (tertiary/aromatic N) is 2. The summed E-state index contributed by atoms with van der Waals surface area (Å²) in [5.41, 5.74) is 3.17. The van der Waals surface area contributed by atoms with Gasteiger partial charge in [-0.05, 0) is 60.5 Å². The lowest BCUT2D eigenvalue weighted by Crippen LogP contribution is -2.11. The zero-order valence-electron chi connectivity index (χ0n) is 18.9. The van der Waals surface area contributed by atoms with Gasteiger partial charge in [0, 0.05) is 18.9 Å². The Morgan fingerprint density at radius 2 is 1.86 bits per heavy atom. The van der Waals surface area contributed by atoms with Gasteiger partial charge in [0.2, 0.25) is 0 Å². The number of allylic oxidation sites excluding steroid dienone is 1. The lowest BCUT2D eigenvalue weighted by Gasteiger charge is -2.21. The average molecular weight is 397 g/mol. The highest BCUT2D eigenvalue weighted by molar-refractivity contribution is 5.63. The molecule has 4 heteroatoms. The van der Waals surface area contributed by atoms with Gasteiger partial charge in [0.1, 0.15) is 11.5 Å². The lowest BCUT2D eigenvalue weighted by atomic mass is 9.85. The minimum Gasteiger partial charge on any atom is -0.458 e. The maximum absolute atomic E-state index is 7.00. The quantitative estimate of drug-likeness (QED) is 0.358. The van der Waals surface area contributed by atoms with Crippen molar-refractivity contribution in [2.75, 3.05) is 13.7 Å². The monoisotopic (exact) mass is 396 g/mol. The number of benzene rings is 1. The summed E-state index contributed by atoms with van der Waals surface area (Å²) in [6.07, 6.45) is 7.35. The van der Waals surface area contributed by atoms with Crippen LogP contribution in [-0.4, -0.2) is 30.0 Å². The molecule has 0 spiro atoms. The summed E-state index contributed by atoms with van der Waals surface area (Å²) in [5, 5.41) is 7.00. The van der Waals surface area contributed by atoms with E-state index in [1.165, 1.54) is 5.56 Å². The van der Waals surface area contributed by atoms with Crippen molar-refractivity contribution in [1.82, 2.24) is 4.98 Å². The van der Waals surface area contributed by atoms with Crippen molar-refractivity contribution in [3.63, 3.8) is 0 Å². The molecule has 0 aliphatic rings. The molecule has 1 aromatic heterocycles. The van der Waals surface area contributed by atoms with Crippen molar-refractivity contribution in [3.05, 3.63) is 72.6 Å². The van der Waals surface area contributed by atoms with Gasteiger partial charge in [-0.1, -0.05) is 53.3 Å². The molecule has 4 nitrogen and oxygen atoms in total. The number of rotatable bonds is 6. The minimum absolute atomic E-state index is 0.00983. The molecule has 1 heterocycles. The van der Waals surface area contributed by atoms with Gasteiger partial charge in [-0.3, -0.25) is 9.98 Å². The SMILES string of the molecule is C=C(/C=C/CN=CC)Oc1cc(-c2ccccn2)cc(C(C)(C)C)c1.CC.CO. The summed E-state index contributed by atoms with van der Waals surface area (Å²) in [4.78, 5) is 8.59. The van der Waals surface area contributed by atoms with E-state index in [4.69, 9.17) is 9.84 Å². The van der Waals surface area contributed by atoms with E-state index >= 15 is 0 Å². The number of ether oxygens (including phenoxy) is 1. The van der Waals surface area contributed by atoms with Crippen LogP contribution in [-0.2, 0) is 5.41 Å². The van der Waals surface area contributed by atoms with Gasteiger partial charge in [0.15, 0.2) is 0 Å². The largest absolute Gasteiger partial charge is 0.458 e. The van der Waals surface area contributed by atoms with E-state index in [1.54, 1.807) is 12.4 Å². The van der Waals surface area contributed by atoms with Crippen molar-refractivity contribution < 1.29 is 9.84 Å². The van der Waals surface area contributed by atoms with Crippen molar-refractivity contribution in [2.24, 2.45) is 4.99 Å². The molecule has 0 atom stereocenters. The molecule has 0 saturated heterocycles. The van der Waals surface area contributed by atoms with Crippen LogP contribution < -0.4 is 4.74 Å². The highest BCUT2D eigenvalue weighted by Crippen LogP contribution is 2.32. The molecule has 29 heavy (non-hydrogen) atoms.